The monoisotopic (exact) mass is 194 g/mol. The van der Waals surface area contributed by atoms with Crippen LogP contribution in [0.15, 0.2) is 6.07 Å². The first kappa shape index (κ1) is 9.56. The fourth-order valence-corrected chi connectivity index (χ4v) is 0.935. The van der Waals surface area contributed by atoms with Crippen LogP contribution in [0.25, 0.3) is 0 Å². The van der Waals surface area contributed by atoms with E-state index in [1.54, 1.807) is 0 Å². The van der Waals surface area contributed by atoms with E-state index in [0.29, 0.717) is 0 Å². The molecule has 13 heavy (non-hydrogen) atoms. The fraction of sp³-hybridized carbons (Fsp3) is 0.333. The van der Waals surface area contributed by atoms with E-state index in [1.807, 2.05) is 4.98 Å². The molecule has 0 saturated carbocycles. The molecule has 1 N–H and O–H groups in total. The number of nitro groups is 1. The van der Waals surface area contributed by atoms with E-state index in [2.05, 4.69) is 0 Å². The summed E-state index contributed by atoms with van der Waals surface area (Å²) in [6.07, 6.45) is -4.71. The summed E-state index contributed by atoms with van der Waals surface area (Å²) < 4.78 is 36.3. The van der Waals surface area contributed by atoms with Crippen LogP contribution in [0.2, 0.25) is 0 Å². The number of rotatable bonds is 1. The van der Waals surface area contributed by atoms with Gasteiger partial charge in [0.15, 0.2) is 5.69 Å². The summed E-state index contributed by atoms with van der Waals surface area (Å²) in [5.74, 6) is 0. The highest BCUT2D eigenvalue weighted by Gasteiger charge is 2.40. The molecule has 0 atom stereocenters. The Bertz CT molecular complexity index is 342. The van der Waals surface area contributed by atoms with Gasteiger partial charge in [-0.2, -0.15) is 13.2 Å². The normalized spacial score (nSPS) is 11.7. The van der Waals surface area contributed by atoms with Crippen LogP contribution in [0.5, 0.6) is 0 Å². The van der Waals surface area contributed by atoms with E-state index in [0.717, 1.165) is 6.07 Å². The van der Waals surface area contributed by atoms with E-state index < -0.39 is 22.5 Å². The van der Waals surface area contributed by atoms with Crippen LogP contribution < -0.4 is 0 Å². The molecule has 0 aliphatic carbocycles. The van der Waals surface area contributed by atoms with Gasteiger partial charge in [-0.15, -0.1) is 0 Å². The summed E-state index contributed by atoms with van der Waals surface area (Å²) in [5.41, 5.74) is -2.14. The Morgan fingerprint density at radius 3 is 2.38 bits per heavy atom. The predicted octanol–water partition coefficient (Wildman–Crippen LogP) is 2.25. The zero-order chi connectivity index (χ0) is 10.2. The number of aryl methyl sites for hydroxylation is 1. The van der Waals surface area contributed by atoms with E-state index in [1.165, 1.54) is 6.92 Å². The van der Waals surface area contributed by atoms with Gasteiger partial charge in [0.1, 0.15) is 0 Å². The summed E-state index contributed by atoms with van der Waals surface area (Å²) in [6, 6.07) is 0.850. The number of aromatic nitrogens is 1. The number of nitrogens with zero attached hydrogens (tertiary/aromatic N) is 1. The molecule has 7 heteroatoms. The highest BCUT2D eigenvalue weighted by molar-refractivity contribution is 5.40. The second kappa shape index (κ2) is 2.75. The molecular weight excluding hydrogens is 189 g/mol. The Morgan fingerprint density at radius 1 is 1.54 bits per heavy atom. The molecule has 1 aromatic heterocycles. The van der Waals surface area contributed by atoms with E-state index >= 15 is 0 Å². The smallest absolute Gasteiger partial charge is 0.349 e. The molecule has 1 heterocycles. The lowest BCUT2D eigenvalue weighted by Gasteiger charge is -2.01. The van der Waals surface area contributed by atoms with Gasteiger partial charge in [-0.05, 0) is 6.92 Å². The van der Waals surface area contributed by atoms with Crippen LogP contribution in [0, 0.1) is 17.0 Å². The quantitative estimate of drug-likeness (QED) is 0.550. The molecule has 0 amide bonds. The summed E-state index contributed by atoms with van der Waals surface area (Å²) in [6.45, 7) is 1.32. The van der Waals surface area contributed by atoms with Gasteiger partial charge in [0, 0.05) is 11.8 Å². The molecule has 0 radical (unpaired) electrons. The van der Waals surface area contributed by atoms with E-state index in [4.69, 9.17) is 0 Å². The largest absolute Gasteiger partial charge is 0.438 e. The zero-order valence-corrected chi connectivity index (χ0v) is 6.47. The van der Waals surface area contributed by atoms with Crippen LogP contribution in [0.3, 0.4) is 0 Å². The van der Waals surface area contributed by atoms with Gasteiger partial charge in [-0.1, -0.05) is 0 Å². The summed E-state index contributed by atoms with van der Waals surface area (Å²) >= 11 is 0. The third kappa shape index (κ3) is 1.79. The lowest BCUT2D eigenvalue weighted by atomic mass is 10.3. The molecule has 0 fully saturated rings. The molecule has 72 valence electrons. The van der Waals surface area contributed by atoms with Gasteiger partial charge in [0.05, 0.1) is 4.92 Å². The minimum atomic E-state index is -4.71. The van der Waals surface area contributed by atoms with Crippen molar-refractivity contribution >= 4 is 5.69 Å². The van der Waals surface area contributed by atoms with Crippen LogP contribution in [0.4, 0.5) is 18.9 Å². The number of hydrogen-bond acceptors (Lipinski definition) is 2. The van der Waals surface area contributed by atoms with Crippen molar-refractivity contribution in [1.82, 2.24) is 4.98 Å². The number of nitrogens with one attached hydrogen (secondary N) is 1. The van der Waals surface area contributed by atoms with Crippen molar-refractivity contribution in [3.05, 3.63) is 27.6 Å². The van der Waals surface area contributed by atoms with Crippen molar-refractivity contribution < 1.29 is 18.1 Å². The number of alkyl halides is 3. The highest BCUT2D eigenvalue weighted by atomic mass is 19.4. The number of hydrogen-bond donors (Lipinski definition) is 1. The molecule has 1 rings (SSSR count). The minimum Gasteiger partial charge on any atom is -0.349 e. The summed E-state index contributed by atoms with van der Waals surface area (Å²) in [5, 5.41) is 10.2. The maximum atomic E-state index is 12.1. The van der Waals surface area contributed by atoms with Crippen molar-refractivity contribution in [2.75, 3.05) is 0 Å². The van der Waals surface area contributed by atoms with Gasteiger partial charge in [-0.3, -0.25) is 10.1 Å². The zero-order valence-electron chi connectivity index (χ0n) is 6.47. The van der Waals surface area contributed by atoms with Gasteiger partial charge in [0.25, 0.3) is 5.69 Å². The predicted molar refractivity (Wildman–Crippen MR) is 37.2 cm³/mol. The average Bonchev–Trinajstić information content (AvgIpc) is 2.29. The van der Waals surface area contributed by atoms with Crippen molar-refractivity contribution in [3.8, 4) is 0 Å². The molecule has 0 aliphatic heterocycles. The first-order valence-corrected chi connectivity index (χ1v) is 3.23. The second-order valence-electron chi connectivity index (χ2n) is 2.47. The van der Waals surface area contributed by atoms with Crippen molar-refractivity contribution in [2.24, 2.45) is 0 Å². The van der Waals surface area contributed by atoms with Crippen molar-refractivity contribution in [1.29, 1.82) is 0 Å². The maximum absolute atomic E-state index is 12.1. The fourth-order valence-electron chi connectivity index (χ4n) is 0.935. The van der Waals surface area contributed by atoms with Crippen LogP contribution in [-0.4, -0.2) is 9.91 Å². The average molecular weight is 194 g/mol. The second-order valence-corrected chi connectivity index (χ2v) is 2.47. The number of aromatic amines is 1. The highest BCUT2D eigenvalue weighted by Crippen LogP contribution is 2.35. The molecule has 0 aromatic carbocycles. The first-order chi connectivity index (χ1) is 5.82. The third-order valence-electron chi connectivity index (χ3n) is 1.41. The Kier molecular flexibility index (Phi) is 2.02. The number of halogens is 3. The topological polar surface area (TPSA) is 58.9 Å². The van der Waals surface area contributed by atoms with Gasteiger partial charge in [0.2, 0.25) is 0 Å². The first-order valence-electron chi connectivity index (χ1n) is 3.23. The molecular formula is C6H5F3N2O2. The minimum absolute atomic E-state index is 0.110. The summed E-state index contributed by atoms with van der Waals surface area (Å²) in [4.78, 5) is 11.0. The van der Waals surface area contributed by atoms with E-state index in [-0.39, 0.29) is 5.69 Å². The van der Waals surface area contributed by atoms with Crippen LogP contribution in [0.1, 0.15) is 11.4 Å². The Hall–Kier alpha value is -1.53. The molecule has 0 aliphatic rings. The van der Waals surface area contributed by atoms with Crippen molar-refractivity contribution in [2.45, 2.75) is 13.1 Å². The number of H-pyrrole nitrogens is 1. The van der Waals surface area contributed by atoms with E-state index in [9.17, 15) is 23.3 Å². The Labute approximate surface area is 70.5 Å². The Morgan fingerprint density at radius 2 is 2.08 bits per heavy atom. The van der Waals surface area contributed by atoms with Crippen LogP contribution in [-0.2, 0) is 6.18 Å². The van der Waals surface area contributed by atoms with Gasteiger partial charge >= 0.3 is 6.18 Å². The summed E-state index contributed by atoms with van der Waals surface area (Å²) in [7, 11) is 0. The lowest BCUT2D eigenvalue weighted by molar-refractivity contribution is -0.388. The van der Waals surface area contributed by atoms with Gasteiger partial charge in [-0.25, -0.2) is 0 Å². The molecule has 0 unspecified atom stereocenters. The Balaban J connectivity index is 3.28. The van der Waals surface area contributed by atoms with Crippen LogP contribution >= 0.6 is 0 Å². The van der Waals surface area contributed by atoms with Gasteiger partial charge < -0.3 is 4.98 Å². The molecule has 1 aromatic rings. The standard InChI is InChI=1S/C6H5F3N2O2/c1-3-2-4(11(12)13)5(10-3)6(7,8)9/h2,10H,1H3. The molecule has 0 bridgehead atoms. The SMILES string of the molecule is Cc1cc([N+](=O)[O-])c(C(F)(F)F)[nH]1. The third-order valence-corrected chi connectivity index (χ3v) is 1.41. The maximum Gasteiger partial charge on any atom is 0.438 e. The molecule has 0 saturated heterocycles. The molecule has 4 nitrogen and oxygen atoms in total. The lowest BCUT2D eigenvalue weighted by Crippen LogP contribution is -2.08. The van der Waals surface area contributed by atoms with Crippen molar-refractivity contribution in [3.63, 3.8) is 0 Å². The molecule has 0 spiro atoms.